The summed E-state index contributed by atoms with van der Waals surface area (Å²) in [6, 6.07) is 12.8. The number of benzene rings is 2. The third kappa shape index (κ3) is 5.01. The Bertz CT molecular complexity index is 901. The average Bonchev–Trinajstić information content (AvgIpc) is 2.68. The fourth-order valence-corrected chi connectivity index (χ4v) is 2.91. The van der Waals surface area contributed by atoms with Crippen LogP contribution in [0.5, 0.6) is 5.75 Å². The van der Waals surface area contributed by atoms with Gasteiger partial charge in [-0.2, -0.15) is 0 Å². The van der Waals surface area contributed by atoms with E-state index in [-0.39, 0.29) is 25.6 Å². The zero-order valence-corrected chi connectivity index (χ0v) is 16.7. The Labute approximate surface area is 170 Å². The van der Waals surface area contributed by atoms with E-state index in [1.54, 1.807) is 18.2 Å². The molecule has 0 atom stereocenters. The maximum absolute atomic E-state index is 12.2. The molecule has 1 heterocycles. The van der Waals surface area contributed by atoms with E-state index in [4.69, 9.17) is 4.74 Å². The van der Waals surface area contributed by atoms with Crippen LogP contribution in [-0.2, 0) is 14.4 Å². The van der Waals surface area contributed by atoms with Crippen LogP contribution in [0.2, 0.25) is 0 Å². The molecule has 0 aromatic heterocycles. The number of carbonyl (C=O) groups excluding carboxylic acids is 3. The number of carbonyl (C=O) groups is 3. The van der Waals surface area contributed by atoms with Crippen molar-refractivity contribution in [3.63, 3.8) is 0 Å². The van der Waals surface area contributed by atoms with Crippen molar-refractivity contribution in [2.75, 3.05) is 29.9 Å². The minimum atomic E-state index is -0.521. The van der Waals surface area contributed by atoms with Gasteiger partial charge in [0.15, 0.2) is 6.61 Å². The Balaban J connectivity index is 1.49. The van der Waals surface area contributed by atoms with E-state index in [0.717, 1.165) is 15.7 Å². The molecule has 0 radical (unpaired) electrons. The number of fused-ring (bicyclic) bond motifs is 1. The molecule has 2 aromatic rings. The molecule has 3 amide bonds. The van der Waals surface area contributed by atoms with Gasteiger partial charge in [-0.15, -0.1) is 0 Å². The third-order valence-electron chi connectivity index (χ3n) is 4.01. The van der Waals surface area contributed by atoms with E-state index >= 15 is 0 Å². The van der Waals surface area contributed by atoms with Gasteiger partial charge in [-0.1, -0.05) is 33.6 Å². The van der Waals surface area contributed by atoms with E-state index in [1.807, 2.05) is 31.2 Å². The number of hydrogen-bond donors (Lipinski definition) is 3. The standard InChI is InChI=1S/C19H19BrN4O4/c1-12-2-5-14(6-3-12)21-9-17(25)22-23-18(26)10-24-15-7-4-13(20)8-16(15)28-11-19(24)27/h2-8,21H,9-11H2,1H3,(H,22,25)(H,23,26). The molecule has 1 aliphatic rings. The van der Waals surface area contributed by atoms with Gasteiger partial charge in [0.05, 0.1) is 12.2 Å². The highest BCUT2D eigenvalue weighted by molar-refractivity contribution is 9.10. The number of nitrogens with zero attached hydrogens (tertiary/aromatic N) is 1. The van der Waals surface area contributed by atoms with E-state index in [9.17, 15) is 14.4 Å². The predicted molar refractivity (Wildman–Crippen MR) is 108 cm³/mol. The summed E-state index contributed by atoms with van der Waals surface area (Å²) in [5.74, 6) is -0.759. The summed E-state index contributed by atoms with van der Waals surface area (Å²) < 4.78 is 6.18. The number of anilines is 2. The van der Waals surface area contributed by atoms with Gasteiger partial charge in [-0.05, 0) is 37.3 Å². The SMILES string of the molecule is Cc1ccc(NCC(=O)NNC(=O)CN2C(=O)COc3cc(Br)ccc32)cc1. The summed E-state index contributed by atoms with van der Waals surface area (Å²) >= 11 is 3.34. The van der Waals surface area contributed by atoms with Crippen LogP contribution in [0.25, 0.3) is 0 Å². The Hall–Kier alpha value is -3.07. The molecular formula is C19H19BrN4O4. The minimum Gasteiger partial charge on any atom is -0.482 e. The molecule has 9 heteroatoms. The second-order valence-corrected chi connectivity index (χ2v) is 7.11. The Morgan fingerprint density at radius 1 is 1.11 bits per heavy atom. The lowest BCUT2D eigenvalue weighted by atomic mass is 10.2. The molecule has 3 rings (SSSR count). The van der Waals surface area contributed by atoms with Gasteiger partial charge in [0, 0.05) is 10.2 Å². The lowest BCUT2D eigenvalue weighted by molar-refractivity contribution is -0.128. The predicted octanol–water partition coefficient (Wildman–Crippen LogP) is 1.74. The van der Waals surface area contributed by atoms with Crippen LogP contribution >= 0.6 is 15.9 Å². The van der Waals surface area contributed by atoms with Gasteiger partial charge in [0.1, 0.15) is 12.3 Å². The van der Waals surface area contributed by atoms with Crippen molar-refractivity contribution in [1.29, 1.82) is 0 Å². The molecule has 3 N–H and O–H groups in total. The van der Waals surface area contributed by atoms with Crippen molar-refractivity contribution < 1.29 is 19.1 Å². The topological polar surface area (TPSA) is 99.8 Å². The normalized spacial score (nSPS) is 12.6. The van der Waals surface area contributed by atoms with Gasteiger partial charge in [-0.25, -0.2) is 0 Å². The van der Waals surface area contributed by atoms with Crippen LogP contribution in [0.1, 0.15) is 5.56 Å². The lowest BCUT2D eigenvalue weighted by Crippen LogP contribution is -2.50. The highest BCUT2D eigenvalue weighted by atomic mass is 79.9. The van der Waals surface area contributed by atoms with E-state index in [0.29, 0.717) is 11.4 Å². The molecular weight excluding hydrogens is 428 g/mol. The van der Waals surface area contributed by atoms with Crippen molar-refractivity contribution in [1.82, 2.24) is 10.9 Å². The Kier molecular flexibility index (Phi) is 6.15. The first-order chi connectivity index (χ1) is 13.4. The Morgan fingerprint density at radius 2 is 1.82 bits per heavy atom. The van der Waals surface area contributed by atoms with Crippen molar-refractivity contribution in [3.8, 4) is 5.75 Å². The number of hydrazine groups is 1. The highest BCUT2D eigenvalue weighted by Gasteiger charge is 2.27. The number of halogens is 1. The molecule has 1 aliphatic heterocycles. The number of ether oxygens (including phenoxy) is 1. The molecule has 0 saturated carbocycles. The molecule has 0 bridgehead atoms. The average molecular weight is 447 g/mol. The van der Waals surface area contributed by atoms with Crippen LogP contribution in [-0.4, -0.2) is 37.4 Å². The van der Waals surface area contributed by atoms with E-state index < -0.39 is 11.8 Å². The molecule has 2 aromatic carbocycles. The van der Waals surface area contributed by atoms with Crippen LogP contribution in [0.3, 0.4) is 0 Å². The quantitative estimate of drug-likeness (QED) is 0.607. The molecule has 0 saturated heterocycles. The van der Waals surface area contributed by atoms with E-state index in [2.05, 4.69) is 32.1 Å². The fourth-order valence-electron chi connectivity index (χ4n) is 2.57. The van der Waals surface area contributed by atoms with Gasteiger partial charge < -0.3 is 10.1 Å². The maximum Gasteiger partial charge on any atom is 0.265 e. The van der Waals surface area contributed by atoms with Gasteiger partial charge in [0.25, 0.3) is 17.7 Å². The van der Waals surface area contributed by atoms with Crippen LogP contribution < -0.4 is 25.8 Å². The van der Waals surface area contributed by atoms with Crippen molar-refractivity contribution in [2.24, 2.45) is 0 Å². The second-order valence-electron chi connectivity index (χ2n) is 6.20. The zero-order chi connectivity index (χ0) is 20.1. The number of hydrogen-bond acceptors (Lipinski definition) is 5. The first-order valence-electron chi connectivity index (χ1n) is 8.53. The summed E-state index contributed by atoms with van der Waals surface area (Å²) in [7, 11) is 0. The van der Waals surface area contributed by atoms with Crippen molar-refractivity contribution in [3.05, 3.63) is 52.5 Å². The third-order valence-corrected chi connectivity index (χ3v) is 4.51. The largest absolute Gasteiger partial charge is 0.482 e. The van der Waals surface area contributed by atoms with Crippen molar-refractivity contribution >= 4 is 45.0 Å². The maximum atomic E-state index is 12.2. The van der Waals surface area contributed by atoms with Crippen molar-refractivity contribution in [2.45, 2.75) is 6.92 Å². The molecule has 0 aliphatic carbocycles. The number of rotatable bonds is 5. The molecule has 0 spiro atoms. The van der Waals surface area contributed by atoms with Gasteiger partial charge in [0.2, 0.25) is 0 Å². The monoisotopic (exact) mass is 446 g/mol. The molecule has 28 heavy (non-hydrogen) atoms. The summed E-state index contributed by atoms with van der Waals surface area (Å²) in [6.07, 6.45) is 0. The lowest BCUT2D eigenvalue weighted by Gasteiger charge is -2.28. The number of nitrogens with one attached hydrogen (secondary N) is 3. The van der Waals surface area contributed by atoms with Gasteiger partial charge in [-0.3, -0.25) is 30.1 Å². The van der Waals surface area contributed by atoms with Crippen LogP contribution in [0.15, 0.2) is 46.9 Å². The van der Waals surface area contributed by atoms with Gasteiger partial charge >= 0.3 is 0 Å². The summed E-state index contributed by atoms with van der Waals surface area (Å²) in [6.45, 7) is 1.59. The van der Waals surface area contributed by atoms with E-state index in [1.165, 1.54) is 4.90 Å². The zero-order valence-electron chi connectivity index (χ0n) is 15.1. The first kappa shape index (κ1) is 19.7. The summed E-state index contributed by atoms with van der Waals surface area (Å²) in [4.78, 5) is 37.5. The molecule has 0 fully saturated rings. The Morgan fingerprint density at radius 3 is 2.57 bits per heavy atom. The summed E-state index contributed by atoms with van der Waals surface area (Å²) in [5, 5.41) is 2.95. The highest BCUT2D eigenvalue weighted by Crippen LogP contribution is 2.34. The number of amides is 3. The number of aryl methyl sites for hydroxylation is 1. The minimum absolute atomic E-state index is 0.00329. The van der Waals surface area contributed by atoms with Crippen LogP contribution in [0, 0.1) is 6.92 Å². The smallest absolute Gasteiger partial charge is 0.265 e. The first-order valence-corrected chi connectivity index (χ1v) is 9.32. The second kappa shape index (κ2) is 8.75. The van der Waals surface area contributed by atoms with Crippen LogP contribution in [0.4, 0.5) is 11.4 Å². The summed E-state index contributed by atoms with van der Waals surface area (Å²) in [5.41, 5.74) is 7.06. The molecule has 146 valence electrons. The molecule has 8 nitrogen and oxygen atoms in total. The fraction of sp³-hybridized carbons (Fsp3) is 0.211. The molecule has 0 unspecified atom stereocenters.